The van der Waals surface area contributed by atoms with Gasteiger partial charge in [0.15, 0.2) is 0 Å². The van der Waals surface area contributed by atoms with Crippen LogP contribution in [0.4, 0.5) is 0 Å². The topological polar surface area (TPSA) is 29.5 Å². The molecule has 0 aliphatic heterocycles. The van der Waals surface area contributed by atoms with E-state index in [0.29, 0.717) is 0 Å². The van der Waals surface area contributed by atoms with Crippen LogP contribution in [0.2, 0.25) is 0 Å². The maximum atomic E-state index is 11.3. The molecule has 0 aromatic carbocycles. The molecule has 0 saturated carbocycles. The van der Waals surface area contributed by atoms with E-state index in [9.17, 15) is 4.79 Å². The number of amides is 1. The molecular weight excluding hydrogens is 377 g/mol. The molecule has 1 atom stereocenters. The zero-order chi connectivity index (χ0) is 9.56. The van der Waals surface area contributed by atoms with Crippen LogP contribution >= 0.6 is 0 Å². The molecule has 0 aliphatic carbocycles. The Morgan fingerprint density at radius 1 is 1.77 bits per heavy atom. The summed E-state index contributed by atoms with van der Waals surface area (Å²) < 4.78 is 7.64. The summed E-state index contributed by atoms with van der Waals surface area (Å²) in [4.78, 5) is 12.9. The van der Waals surface area contributed by atoms with Gasteiger partial charge in [-0.1, -0.05) is 0 Å². The molecule has 0 bridgehead atoms. The number of hydrogen-bond donors (Lipinski definition) is 0. The molecule has 0 saturated heterocycles. The van der Waals surface area contributed by atoms with Gasteiger partial charge in [0.25, 0.3) is 0 Å². The van der Waals surface area contributed by atoms with Crippen molar-refractivity contribution in [3.8, 4) is 0 Å². The van der Waals surface area contributed by atoms with Crippen molar-refractivity contribution >= 4 is 10.4 Å². The van der Waals surface area contributed by atoms with Gasteiger partial charge >= 0.3 is 103 Å². The Balaban J connectivity index is 0. The molecule has 73 valence electrons. The molecule has 0 heterocycles. The number of methoxy groups -OCH3 is 1. The summed E-state index contributed by atoms with van der Waals surface area (Å²) in [6.07, 6.45) is 1.95. The molecular formula is C8H13NO2VW. The van der Waals surface area contributed by atoms with Crippen LogP contribution < -0.4 is 0 Å². The van der Waals surface area contributed by atoms with E-state index in [1.165, 1.54) is 7.11 Å². The standard InChI is InChI=1S/C8H13NO2.V.W/c1-5-7(2)9(3)8(10)6-11-4;;/h5,7H,6H2,1-2,4H3;;/q-2;+2;. The van der Waals surface area contributed by atoms with E-state index in [4.69, 9.17) is 4.74 Å². The number of nitrogens with zero attached hydrogens (tertiary/aromatic N) is 1. The summed E-state index contributed by atoms with van der Waals surface area (Å²) in [5, 5.41) is 0. The summed E-state index contributed by atoms with van der Waals surface area (Å²) in [7, 11) is 1.51. The number of rotatable bonds is 5. The van der Waals surface area contributed by atoms with E-state index in [-0.39, 0.29) is 37.1 Å². The van der Waals surface area contributed by atoms with Crippen molar-refractivity contribution in [1.82, 2.24) is 4.90 Å². The van der Waals surface area contributed by atoms with Crippen LogP contribution in [0.1, 0.15) is 13.8 Å². The van der Waals surface area contributed by atoms with Crippen molar-refractivity contribution in [3.63, 3.8) is 0 Å². The fraction of sp³-hybridized carbons (Fsp3) is 0.625. The first-order chi connectivity index (χ1) is 5.67. The van der Waals surface area contributed by atoms with Crippen molar-refractivity contribution in [1.29, 1.82) is 0 Å². The molecule has 1 unspecified atom stereocenters. The zero-order valence-electron chi connectivity index (χ0n) is 7.98. The smallest absolute Gasteiger partial charge is 2.00 e. The van der Waals surface area contributed by atoms with Gasteiger partial charge in [-0.15, -0.1) is 0 Å². The second-order valence-electron chi connectivity index (χ2n) is 2.36. The second kappa shape index (κ2) is 9.14. The van der Waals surface area contributed by atoms with E-state index in [1.54, 1.807) is 4.90 Å². The van der Waals surface area contributed by atoms with Gasteiger partial charge in [-0.25, -0.2) is 0 Å². The quantitative estimate of drug-likeness (QED) is 0.498. The second-order valence-corrected chi connectivity index (χ2v) is 3.02. The van der Waals surface area contributed by atoms with Crippen molar-refractivity contribution in [2.75, 3.05) is 13.7 Å². The summed E-state index contributed by atoms with van der Waals surface area (Å²) >= 11 is 1.14. The molecule has 0 aliphatic rings. The minimum Gasteiger partial charge on any atom is 2.00 e. The van der Waals surface area contributed by atoms with E-state index in [0.717, 1.165) is 19.4 Å². The van der Waals surface area contributed by atoms with Gasteiger partial charge in [-0.05, 0) is 0 Å². The van der Waals surface area contributed by atoms with Gasteiger partial charge in [-0.2, -0.15) is 0 Å². The van der Waals surface area contributed by atoms with E-state index in [1.807, 2.05) is 20.3 Å². The largest absolute Gasteiger partial charge is 2.00 e. The van der Waals surface area contributed by atoms with Gasteiger partial charge in [-0.3, -0.25) is 0 Å². The fourth-order valence-corrected chi connectivity index (χ4v) is 1.67. The summed E-state index contributed by atoms with van der Waals surface area (Å²) in [6.45, 7) is 3.99. The van der Waals surface area contributed by atoms with Crippen LogP contribution in [0.25, 0.3) is 0 Å². The first-order valence-electron chi connectivity index (χ1n) is 3.65. The predicted molar refractivity (Wildman–Crippen MR) is 43.2 cm³/mol. The molecule has 0 rings (SSSR count). The van der Waals surface area contributed by atoms with Crippen molar-refractivity contribution in [3.05, 3.63) is 6.42 Å². The number of hydrogen-bond acceptors (Lipinski definition) is 2. The van der Waals surface area contributed by atoms with Crippen LogP contribution in [0.5, 0.6) is 0 Å². The molecule has 0 spiro atoms. The molecule has 0 aromatic rings. The van der Waals surface area contributed by atoms with Gasteiger partial charge in [0.2, 0.25) is 0 Å². The van der Waals surface area contributed by atoms with Gasteiger partial charge in [0.1, 0.15) is 0 Å². The van der Waals surface area contributed by atoms with Crippen molar-refractivity contribution in [2.45, 2.75) is 19.9 Å². The Kier molecular flexibility index (Phi) is 11.3. The zero-order valence-corrected chi connectivity index (χ0v) is 12.3. The van der Waals surface area contributed by atoms with Crippen molar-refractivity contribution < 1.29 is 47.4 Å². The number of carbonyl (C=O) groups is 1. The molecule has 0 N–H and O–H groups in total. The van der Waals surface area contributed by atoms with E-state index < -0.39 is 0 Å². The first-order valence-corrected chi connectivity index (χ1v) is 5.12. The Hall–Kier alpha value is 0.573. The third-order valence-electron chi connectivity index (χ3n) is 1.52. The van der Waals surface area contributed by atoms with Crippen LogP contribution in [-0.4, -0.2) is 35.1 Å². The maximum absolute atomic E-state index is 11.3. The molecule has 1 radical (unpaired) electrons. The first kappa shape index (κ1) is 16.0. The van der Waals surface area contributed by atoms with Crippen LogP contribution in [0.3, 0.4) is 0 Å². The van der Waals surface area contributed by atoms with E-state index >= 15 is 0 Å². The minimum absolute atomic E-state index is 0. The minimum atomic E-state index is -0.0434. The Morgan fingerprint density at radius 3 is 2.62 bits per heavy atom. The number of carbonyl (C=O) groups excluding carboxylic acids is 1. The third-order valence-corrected chi connectivity index (χ3v) is 2.23. The van der Waals surface area contributed by atoms with Crippen LogP contribution in [0, 0.1) is 6.42 Å². The predicted octanol–water partition coefficient (Wildman–Crippen LogP) is 0.255. The Bertz CT molecular complexity index is 166. The van der Waals surface area contributed by atoms with E-state index in [2.05, 4.69) is 4.52 Å². The Morgan fingerprint density at radius 2 is 2.31 bits per heavy atom. The average molecular weight is 390 g/mol. The SMILES string of the molecule is C[CH-]C(C)N([C-]=[W])C(=O)COC.[V+2]. The number of ether oxygens (including phenoxy) is 1. The van der Waals surface area contributed by atoms with Crippen LogP contribution in [-0.2, 0) is 47.4 Å². The van der Waals surface area contributed by atoms with Crippen molar-refractivity contribution in [2.24, 2.45) is 0 Å². The molecule has 3 nitrogen and oxygen atoms in total. The normalized spacial score (nSPS) is 11.3. The van der Waals surface area contributed by atoms with Gasteiger partial charge in [0, 0.05) is 0 Å². The molecule has 13 heavy (non-hydrogen) atoms. The Labute approximate surface area is 102 Å². The fourth-order valence-electron chi connectivity index (χ4n) is 0.703. The molecule has 5 heteroatoms. The molecule has 0 fully saturated rings. The van der Waals surface area contributed by atoms with Crippen LogP contribution in [0.15, 0.2) is 0 Å². The van der Waals surface area contributed by atoms with Gasteiger partial charge in [0.05, 0.1) is 0 Å². The summed E-state index contributed by atoms with van der Waals surface area (Å²) in [6, 6.07) is 0.102. The summed E-state index contributed by atoms with van der Waals surface area (Å²) in [5.74, 6) is -0.0434. The average Bonchev–Trinajstić information content (AvgIpc) is 2.06. The monoisotopic (exact) mass is 390 g/mol. The maximum Gasteiger partial charge on any atom is 2.00 e. The third kappa shape index (κ3) is 5.80. The molecule has 1 amide bonds. The van der Waals surface area contributed by atoms with Gasteiger partial charge < -0.3 is 0 Å². The summed E-state index contributed by atoms with van der Waals surface area (Å²) in [5.41, 5.74) is 0. The molecule has 0 aromatic heterocycles.